The molecule has 2 atom stereocenters. The van der Waals surface area contributed by atoms with Crippen molar-refractivity contribution in [3.8, 4) is 0 Å². The summed E-state index contributed by atoms with van der Waals surface area (Å²) in [6.07, 6.45) is 1.32. The van der Waals surface area contributed by atoms with Crippen molar-refractivity contribution in [2.45, 2.75) is 0 Å². The molecule has 90 valence electrons. The van der Waals surface area contributed by atoms with E-state index in [1.165, 1.54) is 12.3 Å². The van der Waals surface area contributed by atoms with Crippen LogP contribution in [-0.2, 0) is 4.74 Å². The third kappa shape index (κ3) is 1.84. The Morgan fingerprint density at radius 1 is 1.35 bits per heavy atom. The highest BCUT2D eigenvalue weighted by Gasteiger charge is 2.37. The van der Waals surface area contributed by atoms with E-state index in [-0.39, 0.29) is 5.69 Å². The van der Waals surface area contributed by atoms with Crippen LogP contribution in [-0.4, -0.2) is 36.2 Å². The molecule has 2 aliphatic heterocycles. The molecule has 2 fully saturated rings. The number of nitro groups is 1. The molecule has 6 nitrogen and oxygen atoms in total. The van der Waals surface area contributed by atoms with Crippen molar-refractivity contribution in [3.05, 3.63) is 28.4 Å². The zero-order valence-corrected chi connectivity index (χ0v) is 9.28. The highest BCUT2D eigenvalue weighted by molar-refractivity contribution is 5.44. The van der Waals surface area contributed by atoms with Crippen molar-refractivity contribution in [1.82, 2.24) is 4.98 Å². The van der Waals surface area contributed by atoms with Crippen molar-refractivity contribution < 1.29 is 9.66 Å². The second-order valence-electron chi connectivity index (χ2n) is 4.59. The first-order valence-corrected chi connectivity index (χ1v) is 5.67. The Hall–Kier alpha value is -1.69. The number of pyridine rings is 1. The van der Waals surface area contributed by atoms with Crippen LogP contribution in [0.15, 0.2) is 18.3 Å². The lowest BCUT2D eigenvalue weighted by molar-refractivity contribution is -0.385. The van der Waals surface area contributed by atoms with Crippen molar-refractivity contribution in [1.29, 1.82) is 0 Å². The number of ether oxygens (including phenoxy) is 1. The number of rotatable bonds is 2. The Balaban J connectivity index is 1.75. The fourth-order valence-electron chi connectivity index (χ4n) is 2.55. The molecule has 0 saturated carbocycles. The largest absolute Gasteiger partial charge is 0.381 e. The standard InChI is InChI=1S/C11H13N3O3/c15-14(16)10-1-2-11(12-3-10)13-4-8-6-17-7-9(8)5-13/h1-3,8-9H,4-7H2/t8-,9+. The average Bonchev–Trinajstić information content (AvgIpc) is 2.89. The van der Waals surface area contributed by atoms with E-state index in [2.05, 4.69) is 9.88 Å². The van der Waals surface area contributed by atoms with E-state index in [1.54, 1.807) is 6.07 Å². The van der Waals surface area contributed by atoms with Gasteiger partial charge in [0, 0.05) is 31.0 Å². The second-order valence-corrected chi connectivity index (χ2v) is 4.59. The minimum Gasteiger partial charge on any atom is -0.381 e. The molecule has 0 radical (unpaired) electrons. The Morgan fingerprint density at radius 2 is 2.06 bits per heavy atom. The molecule has 1 aromatic rings. The Morgan fingerprint density at radius 3 is 2.59 bits per heavy atom. The summed E-state index contributed by atoms with van der Waals surface area (Å²) in [4.78, 5) is 16.4. The molecule has 0 amide bonds. The summed E-state index contributed by atoms with van der Waals surface area (Å²) in [6, 6.07) is 3.23. The first-order valence-electron chi connectivity index (χ1n) is 5.67. The van der Waals surface area contributed by atoms with Gasteiger partial charge in [-0.2, -0.15) is 0 Å². The number of anilines is 1. The summed E-state index contributed by atoms with van der Waals surface area (Å²) in [5.41, 5.74) is 0.0384. The summed E-state index contributed by atoms with van der Waals surface area (Å²) >= 11 is 0. The maximum absolute atomic E-state index is 10.5. The van der Waals surface area contributed by atoms with Gasteiger partial charge in [0.05, 0.1) is 18.1 Å². The summed E-state index contributed by atoms with van der Waals surface area (Å²) in [7, 11) is 0. The molecule has 2 saturated heterocycles. The number of aromatic nitrogens is 1. The smallest absolute Gasteiger partial charge is 0.287 e. The van der Waals surface area contributed by atoms with Crippen LogP contribution in [0, 0.1) is 22.0 Å². The molecular weight excluding hydrogens is 222 g/mol. The van der Waals surface area contributed by atoms with Crippen molar-refractivity contribution in [2.75, 3.05) is 31.2 Å². The van der Waals surface area contributed by atoms with E-state index >= 15 is 0 Å². The van der Waals surface area contributed by atoms with E-state index < -0.39 is 4.92 Å². The van der Waals surface area contributed by atoms with Gasteiger partial charge >= 0.3 is 0 Å². The molecular formula is C11H13N3O3. The maximum Gasteiger partial charge on any atom is 0.287 e. The van der Waals surface area contributed by atoms with Gasteiger partial charge in [-0.25, -0.2) is 4.98 Å². The van der Waals surface area contributed by atoms with Crippen molar-refractivity contribution in [2.24, 2.45) is 11.8 Å². The maximum atomic E-state index is 10.5. The molecule has 17 heavy (non-hydrogen) atoms. The lowest BCUT2D eigenvalue weighted by Gasteiger charge is -2.17. The van der Waals surface area contributed by atoms with E-state index in [1.807, 2.05) is 0 Å². The molecule has 1 aromatic heterocycles. The van der Waals surface area contributed by atoms with Gasteiger partial charge in [-0.1, -0.05) is 0 Å². The summed E-state index contributed by atoms with van der Waals surface area (Å²) in [5.74, 6) is 2.00. The van der Waals surface area contributed by atoms with Gasteiger partial charge in [-0.05, 0) is 6.07 Å². The first-order chi connectivity index (χ1) is 8.24. The van der Waals surface area contributed by atoms with E-state index in [9.17, 15) is 10.1 Å². The molecule has 2 aliphatic rings. The number of nitrogens with zero attached hydrogens (tertiary/aromatic N) is 3. The molecule has 3 rings (SSSR count). The van der Waals surface area contributed by atoms with Gasteiger partial charge < -0.3 is 9.64 Å². The zero-order chi connectivity index (χ0) is 11.8. The summed E-state index contributed by atoms with van der Waals surface area (Å²) < 4.78 is 5.41. The Kier molecular flexibility index (Phi) is 2.44. The normalized spacial score (nSPS) is 27.2. The van der Waals surface area contributed by atoms with Crippen LogP contribution in [0.5, 0.6) is 0 Å². The minimum atomic E-state index is -0.427. The van der Waals surface area contributed by atoms with Crippen LogP contribution in [0.2, 0.25) is 0 Å². The topological polar surface area (TPSA) is 68.5 Å². The molecule has 0 bridgehead atoms. The fourth-order valence-corrected chi connectivity index (χ4v) is 2.55. The van der Waals surface area contributed by atoms with Crippen LogP contribution in [0.4, 0.5) is 11.5 Å². The molecule has 3 heterocycles. The van der Waals surface area contributed by atoms with Crippen LogP contribution in [0.1, 0.15) is 0 Å². The molecule has 0 N–H and O–H groups in total. The average molecular weight is 235 g/mol. The monoisotopic (exact) mass is 235 g/mol. The lowest BCUT2D eigenvalue weighted by Crippen LogP contribution is -2.23. The lowest BCUT2D eigenvalue weighted by atomic mass is 10.0. The molecule has 0 spiro atoms. The second kappa shape index (κ2) is 3.96. The van der Waals surface area contributed by atoms with E-state index in [4.69, 9.17) is 4.74 Å². The third-order valence-electron chi connectivity index (χ3n) is 3.51. The van der Waals surface area contributed by atoms with Gasteiger partial charge in [-0.3, -0.25) is 10.1 Å². The first kappa shape index (κ1) is 10.5. The molecule has 0 unspecified atom stereocenters. The molecule has 6 heteroatoms. The number of hydrogen-bond acceptors (Lipinski definition) is 5. The van der Waals surface area contributed by atoms with E-state index in [0.29, 0.717) is 11.8 Å². The van der Waals surface area contributed by atoms with Gasteiger partial charge in [-0.15, -0.1) is 0 Å². The van der Waals surface area contributed by atoms with Gasteiger partial charge in [0.15, 0.2) is 0 Å². The predicted molar refractivity (Wildman–Crippen MR) is 60.9 cm³/mol. The summed E-state index contributed by atoms with van der Waals surface area (Å²) in [5, 5.41) is 10.5. The number of fused-ring (bicyclic) bond motifs is 1. The predicted octanol–water partition coefficient (Wildman–Crippen LogP) is 1.07. The minimum absolute atomic E-state index is 0.0384. The van der Waals surface area contributed by atoms with Crippen molar-refractivity contribution in [3.63, 3.8) is 0 Å². The number of hydrogen-bond donors (Lipinski definition) is 0. The van der Waals surface area contributed by atoms with Crippen molar-refractivity contribution >= 4 is 11.5 Å². The summed E-state index contributed by atoms with van der Waals surface area (Å²) in [6.45, 7) is 3.53. The Labute approximate surface area is 98.4 Å². The van der Waals surface area contributed by atoms with Crippen LogP contribution >= 0.6 is 0 Å². The molecule has 0 aromatic carbocycles. The van der Waals surface area contributed by atoms with Crippen LogP contribution in [0.25, 0.3) is 0 Å². The third-order valence-corrected chi connectivity index (χ3v) is 3.51. The highest BCUT2D eigenvalue weighted by atomic mass is 16.6. The van der Waals surface area contributed by atoms with Gasteiger partial charge in [0.25, 0.3) is 5.69 Å². The highest BCUT2D eigenvalue weighted by Crippen LogP contribution is 2.31. The SMILES string of the molecule is O=[N+]([O-])c1ccc(N2C[C@H]3COC[C@H]3C2)nc1. The Bertz CT molecular complexity index is 422. The fraction of sp³-hybridized carbons (Fsp3) is 0.545. The quantitative estimate of drug-likeness (QED) is 0.566. The van der Waals surface area contributed by atoms with Crippen LogP contribution in [0.3, 0.4) is 0 Å². The van der Waals surface area contributed by atoms with Gasteiger partial charge in [0.1, 0.15) is 12.0 Å². The van der Waals surface area contributed by atoms with Gasteiger partial charge in [0.2, 0.25) is 0 Å². The molecule has 0 aliphatic carbocycles. The zero-order valence-electron chi connectivity index (χ0n) is 9.28. The van der Waals surface area contributed by atoms with Crippen LogP contribution < -0.4 is 4.90 Å². The van der Waals surface area contributed by atoms with E-state index in [0.717, 1.165) is 32.1 Å².